The van der Waals surface area contributed by atoms with Crippen LogP contribution in [0, 0.1) is 0 Å². The van der Waals surface area contributed by atoms with Crippen molar-refractivity contribution < 1.29 is 19.1 Å². The Morgan fingerprint density at radius 3 is 1.97 bits per heavy atom. The van der Waals surface area contributed by atoms with Crippen LogP contribution in [0.15, 0.2) is 72.8 Å². The number of carbonyl (C=O) groups excluding carboxylic acids is 2. The van der Waals surface area contributed by atoms with Crippen molar-refractivity contribution in [1.29, 1.82) is 0 Å². The first-order valence-electron chi connectivity index (χ1n) is 8.77. The van der Waals surface area contributed by atoms with Gasteiger partial charge in [-0.2, -0.15) is 0 Å². The third-order valence-corrected chi connectivity index (χ3v) is 4.21. The first kappa shape index (κ1) is 20.2. The topological polar surface area (TPSA) is 76.7 Å². The Kier molecular flexibility index (Phi) is 6.71. The summed E-state index contributed by atoms with van der Waals surface area (Å²) in [5.41, 5.74) is 1.77. The fraction of sp³-hybridized carbons (Fsp3) is 0.0909. The Labute approximate surface area is 173 Å². The van der Waals surface area contributed by atoms with Crippen molar-refractivity contribution in [3.63, 3.8) is 0 Å². The number of amides is 2. The Balaban J connectivity index is 1.50. The maximum absolute atomic E-state index is 12.3. The third kappa shape index (κ3) is 5.99. The molecule has 3 rings (SSSR count). The zero-order valence-electron chi connectivity index (χ0n) is 15.6. The van der Waals surface area contributed by atoms with Gasteiger partial charge in [0.05, 0.1) is 7.11 Å². The van der Waals surface area contributed by atoms with Crippen LogP contribution >= 0.6 is 11.6 Å². The molecule has 3 aromatic rings. The lowest BCUT2D eigenvalue weighted by Gasteiger charge is -2.09. The van der Waals surface area contributed by atoms with E-state index in [1.807, 2.05) is 0 Å². The predicted molar refractivity (Wildman–Crippen MR) is 113 cm³/mol. The largest absolute Gasteiger partial charge is 0.497 e. The van der Waals surface area contributed by atoms with Gasteiger partial charge >= 0.3 is 0 Å². The van der Waals surface area contributed by atoms with E-state index in [1.165, 1.54) is 0 Å². The second-order valence-electron chi connectivity index (χ2n) is 6.05. The van der Waals surface area contributed by atoms with Crippen LogP contribution in [-0.2, 0) is 4.79 Å². The molecule has 0 bridgehead atoms. The van der Waals surface area contributed by atoms with Crippen molar-refractivity contribution >= 4 is 34.8 Å². The minimum absolute atomic E-state index is 0.153. The standard InChI is InChI=1S/C22H19ClN2O4/c1-28-19-12-8-18(9-13-19)25-22(27)15-2-10-20(11-3-15)29-14-21(26)24-17-6-4-16(23)5-7-17/h2-13H,14H2,1H3,(H,24,26)(H,25,27). The minimum atomic E-state index is -0.298. The van der Waals surface area contributed by atoms with Gasteiger partial charge in [-0.3, -0.25) is 9.59 Å². The highest BCUT2D eigenvalue weighted by atomic mass is 35.5. The second-order valence-corrected chi connectivity index (χ2v) is 6.49. The van der Waals surface area contributed by atoms with Crippen molar-refractivity contribution in [3.05, 3.63) is 83.4 Å². The molecule has 2 N–H and O–H groups in total. The van der Waals surface area contributed by atoms with Gasteiger partial charge in [0.1, 0.15) is 11.5 Å². The number of carbonyl (C=O) groups is 2. The lowest BCUT2D eigenvalue weighted by Crippen LogP contribution is -2.20. The molecule has 148 valence electrons. The third-order valence-electron chi connectivity index (χ3n) is 3.96. The number of hydrogen-bond acceptors (Lipinski definition) is 4. The lowest BCUT2D eigenvalue weighted by atomic mass is 10.2. The van der Waals surface area contributed by atoms with Crippen molar-refractivity contribution in [2.75, 3.05) is 24.4 Å². The summed E-state index contributed by atoms with van der Waals surface area (Å²) in [4.78, 5) is 24.3. The molecule has 0 aliphatic rings. The molecule has 2 amide bonds. The van der Waals surface area contributed by atoms with Gasteiger partial charge < -0.3 is 20.1 Å². The van der Waals surface area contributed by atoms with E-state index in [0.29, 0.717) is 33.5 Å². The first-order chi connectivity index (χ1) is 14.0. The molecule has 0 radical (unpaired) electrons. The van der Waals surface area contributed by atoms with E-state index in [-0.39, 0.29) is 18.4 Å². The number of halogens is 1. The SMILES string of the molecule is COc1ccc(NC(=O)c2ccc(OCC(=O)Nc3ccc(Cl)cc3)cc2)cc1. The normalized spacial score (nSPS) is 10.1. The van der Waals surface area contributed by atoms with E-state index in [4.69, 9.17) is 21.1 Å². The molecule has 0 aliphatic heterocycles. The molecule has 0 aliphatic carbocycles. The molecule has 0 saturated heterocycles. The second kappa shape index (κ2) is 9.61. The molecular weight excluding hydrogens is 392 g/mol. The molecule has 6 nitrogen and oxygen atoms in total. The van der Waals surface area contributed by atoms with Crippen molar-refractivity contribution in [3.8, 4) is 11.5 Å². The van der Waals surface area contributed by atoms with E-state index < -0.39 is 0 Å². The van der Waals surface area contributed by atoms with Gasteiger partial charge in [-0.15, -0.1) is 0 Å². The summed E-state index contributed by atoms with van der Waals surface area (Å²) < 4.78 is 10.5. The van der Waals surface area contributed by atoms with Crippen LogP contribution in [0.1, 0.15) is 10.4 Å². The van der Waals surface area contributed by atoms with Crippen LogP contribution < -0.4 is 20.1 Å². The van der Waals surface area contributed by atoms with Gasteiger partial charge in [0.15, 0.2) is 6.61 Å². The van der Waals surface area contributed by atoms with Gasteiger partial charge in [-0.1, -0.05) is 11.6 Å². The summed E-state index contributed by atoms with van der Waals surface area (Å²) in [6.45, 7) is -0.153. The molecule has 0 saturated carbocycles. The number of ether oxygens (including phenoxy) is 2. The van der Waals surface area contributed by atoms with Crippen LogP contribution in [0.3, 0.4) is 0 Å². The van der Waals surface area contributed by atoms with Crippen LogP contribution in [0.4, 0.5) is 11.4 Å². The monoisotopic (exact) mass is 410 g/mol. The molecule has 0 fully saturated rings. The average molecular weight is 411 g/mol. The zero-order chi connectivity index (χ0) is 20.6. The summed E-state index contributed by atoms with van der Waals surface area (Å²) in [5, 5.41) is 6.10. The van der Waals surface area contributed by atoms with Gasteiger partial charge in [0, 0.05) is 22.0 Å². The Morgan fingerprint density at radius 1 is 0.793 bits per heavy atom. The van der Waals surface area contributed by atoms with Gasteiger partial charge in [-0.05, 0) is 72.8 Å². The fourth-order valence-corrected chi connectivity index (χ4v) is 2.59. The summed E-state index contributed by atoms with van der Waals surface area (Å²) in [5.74, 6) is 0.651. The van der Waals surface area contributed by atoms with E-state index in [1.54, 1.807) is 79.9 Å². The molecule has 0 aromatic heterocycles. The van der Waals surface area contributed by atoms with E-state index in [9.17, 15) is 9.59 Å². The summed E-state index contributed by atoms with van der Waals surface area (Å²) in [7, 11) is 1.58. The summed E-state index contributed by atoms with van der Waals surface area (Å²) in [6.07, 6.45) is 0. The quantitative estimate of drug-likeness (QED) is 0.596. The Bertz CT molecular complexity index is 971. The summed E-state index contributed by atoms with van der Waals surface area (Å²) >= 11 is 5.81. The first-order valence-corrected chi connectivity index (χ1v) is 9.15. The average Bonchev–Trinajstić information content (AvgIpc) is 2.75. The molecule has 29 heavy (non-hydrogen) atoms. The molecule has 0 atom stereocenters. The van der Waals surface area contributed by atoms with Crippen LogP contribution in [0.5, 0.6) is 11.5 Å². The maximum Gasteiger partial charge on any atom is 0.262 e. The zero-order valence-corrected chi connectivity index (χ0v) is 16.4. The molecule has 7 heteroatoms. The van der Waals surface area contributed by atoms with Crippen LogP contribution in [-0.4, -0.2) is 25.5 Å². The van der Waals surface area contributed by atoms with Crippen molar-refractivity contribution in [2.45, 2.75) is 0 Å². The number of nitrogens with one attached hydrogen (secondary N) is 2. The smallest absolute Gasteiger partial charge is 0.262 e. The van der Waals surface area contributed by atoms with Gasteiger partial charge in [0.25, 0.3) is 11.8 Å². The van der Waals surface area contributed by atoms with Crippen molar-refractivity contribution in [1.82, 2.24) is 0 Å². The van der Waals surface area contributed by atoms with Gasteiger partial charge in [0.2, 0.25) is 0 Å². The fourth-order valence-electron chi connectivity index (χ4n) is 2.46. The highest BCUT2D eigenvalue weighted by molar-refractivity contribution is 6.30. The number of benzene rings is 3. The Hall–Kier alpha value is -3.51. The molecular formula is C22H19ClN2O4. The lowest BCUT2D eigenvalue weighted by molar-refractivity contribution is -0.118. The van der Waals surface area contributed by atoms with Crippen LogP contribution in [0.25, 0.3) is 0 Å². The summed E-state index contributed by atoms with van der Waals surface area (Å²) in [6, 6.07) is 20.4. The van der Waals surface area contributed by atoms with Crippen molar-refractivity contribution in [2.24, 2.45) is 0 Å². The number of methoxy groups -OCH3 is 1. The minimum Gasteiger partial charge on any atom is -0.497 e. The van der Waals surface area contributed by atoms with E-state index >= 15 is 0 Å². The molecule has 3 aromatic carbocycles. The number of rotatable bonds is 7. The Morgan fingerprint density at radius 2 is 1.34 bits per heavy atom. The highest BCUT2D eigenvalue weighted by Gasteiger charge is 2.08. The molecule has 0 spiro atoms. The molecule has 0 unspecified atom stereocenters. The number of hydrogen-bond donors (Lipinski definition) is 2. The molecule has 0 heterocycles. The van der Waals surface area contributed by atoms with Gasteiger partial charge in [-0.25, -0.2) is 0 Å². The van der Waals surface area contributed by atoms with E-state index in [0.717, 1.165) is 0 Å². The number of anilines is 2. The maximum atomic E-state index is 12.3. The van der Waals surface area contributed by atoms with E-state index in [2.05, 4.69) is 10.6 Å². The predicted octanol–water partition coefficient (Wildman–Crippen LogP) is 4.62. The van der Waals surface area contributed by atoms with Crippen LogP contribution in [0.2, 0.25) is 5.02 Å². The highest BCUT2D eigenvalue weighted by Crippen LogP contribution is 2.18.